The lowest BCUT2D eigenvalue weighted by Gasteiger charge is -2.26. The average molecular weight is 783 g/mol. The molecular formula is C56H38N4O. The van der Waals surface area contributed by atoms with Gasteiger partial charge in [-0.2, -0.15) is 0 Å². The largest absolute Gasteiger partial charge is 0.456 e. The highest BCUT2D eigenvalue weighted by Crippen LogP contribution is 2.46. The molecule has 5 heteroatoms. The number of para-hydroxylation sites is 6. The number of furan rings is 1. The lowest BCUT2D eigenvalue weighted by atomic mass is 10.1. The maximum atomic E-state index is 6.27. The predicted molar refractivity (Wildman–Crippen MR) is 254 cm³/mol. The molecule has 0 atom stereocenters. The molecule has 12 aromatic rings. The lowest BCUT2D eigenvalue weighted by molar-refractivity contribution is 0.669. The molecule has 0 spiro atoms. The predicted octanol–water partition coefficient (Wildman–Crippen LogP) is 15.6. The van der Waals surface area contributed by atoms with Crippen molar-refractivity contribution >= 4 is 88.9 Å². The van der Waals surface area contributed by atoms with Crippen molar-refractivity contribution < 1.29 is 4.42 Å². The van der Waals surface area contributed by atoms with Crippen molar-refractivity contribution in [1.29, 1.82) is 0 Å². The quantitative estimate of drug-likeness (QED) is 0.154. The van der Waals surface area contributed by atoms with Crippen LogP contribution in [0.5, 0.6) is 0 Å². The van der Waals surface area contributed by atoms with E-state index in [1.165, 1.54) is 16.2 Å². The van der Waals surface area contributed by atoms with Gasteiger partial charge in [0.15, 0.2) is 0 Å². The summed E-state index contributed by atoms with van der Waals surface area (Å²) in [6.45, 7) is 0. The monoisotopic (exact) mass is 782 g/mol. The zero-order chi connectivity index (χ0) is 40.3. The van der Waals surface area contributed by atoms with E-state index in [0.29, 0.717) is 0 Å². The second-order valence-corrected chi connectivity index (χ2v) is 15.4. The summed E-state index contributed by atoms with van der Waals surface area (Å²) in [5, 5.41) is 5.75. The van der Waals surface area contributed by atoms with Crippen molar-refractivity contribution in [2.24, 2.45) is 0 Å². The summed E-state index contributed by atoms with van der Waals surface area (Å²) in [5.41, 5.74) is 13.8. The summed E-state index contributed by atoms with van der Waals surface area (Å²) in [6, 6.07) is 82.1. The molecule has 0 aliphatic rings. The summed E-state index contributed by atoms with van der Waals surface area (Å²) < 4.78 is 11.2. The molecule has 0 bridgehead atoms. The molecule has 3 aromatic heterocycles. The van der Waals surface area contributed by atoms with Crippen LogP contribution in [0.1, 0.15) is 0 Å². The molecule has 0 aliphatic heterocycles. The third kappa shape index (κ3) is 5.70. The molecule has 12 rings (SSSR count). The summed E-state index contributed by atoms with van der Waals surface area (Å²) in [4.78, 5) is 4.70. The van der Waals surface area contributed by atoms with Crippen LogP contribution in [-0.2, 0) is 0 Å². The van der Waals surface area contributed by atoms with Gasteiger partial charge in [0.2, 0.25) is 0 Å². The van der Waals surface area contributed by atoms with E-state index in [0.717, 1.165) is 84.1 Å². The van der Waals surface area contributed by atoms with Crippen molar-refractivity contribution in [3.05, 3.63) is 231 Å². The van der Waals surface area contributed by atoms with E-state index in [9.17, 15) is 0 Å². The number of nitrogens with zero attached hydrogens (tertiary/aromatic N) is 4. The van der Waals surface area contributed by atoms with Crippen LogP contribution in [0.2, 0.25) is 0 Å². The van der Waals surface area contributed by atoms with Crippen LogP contribution in [0.25, 0.3) is 66.2 Å². The molecule has 288 valence electrons. The number of benzene rings is 9. The van der Waals surface area contributed by atoms with Crippen LogP contribution < -0.4 is 9.80 Å². The average Bonchev–Trinajstić information content (AvgIpc) is 3.98. The number of fused-ring (bicyclic) bond motifs is 8. The highest BCUT2D eigenvalue weighted by Gasteiger charge is 2.25. The molecule has 0 saturated heterocycles. The Hall–Kier alpha value is -8.28. The van der Waals surface area contributed by atoms with E-state index in [4.69, 9.17) is 4.42 Å². The smallest absolute Gasteiger partial charge is 0.135 e. The van der Waals surface area contributed by atoms with E-state index in [1.807, 2.05) is 12.1 Å². The Morgan fingerprint density at radius 1 is 0.295 bits per heavy atom. The van der Waals surface area contributed by atoms with Gasteiger partial charge < -0.3 is 14.2 Å². The van der Waals surface area contributed by atoms with Gasteiger partial charge >= 0.3 is 0 Å². The van der Waals surface area contributed by atoms with Gasteiger partial charge in [0, 0.05) is 72.4 Å². The maximum absolute atomic E-state index is 6.27. The lowest BCUT2D eigenvalue weighted by Crippen LogP contribution is -2.10. The van der Waals surface area contributed by atoms with E-state index in [1.54, 1.807) is 0 Å². The van der Waals surface area contributed by atoms with E-state index < -0.39 is 0 Å². The molecule has 0 aliphatic carbocycles. The Morgan fingerprint density at radius 3 is 1.34 bits per heavy atom. The molecule has 5 nitrogen and oxygen atoms in total. The van der Waals surface area contributed by atoms with Gasteiger partial charge in [-0.15, -0.1) is 0 Å². The molecule has 0 unspecified atom stereocenters. The normalized spacial score (nSPS) is 11.6. The van der Waals surface area contributed by atoms with Gasteiger partial charge in [0.1, 0.15) is 16.8 Å². The zero-order valence-electron chi connectivity index (χ0n) is 33.1. The molecular weight excluding hydrogens is 745 g/mol. The summed E-state index contributed by atoms with van der Waals surface area (Å²) in [6.07, 6.45) is 0. The first-order valence-electron chi connectivity index (χ1n) is 20.7. The van der Waals surface area contributed by atoms with Gasteiger partial charge in [0.25, 0.3) is 0 Å². The topological polar surface area (TPSA) is 29.5 Å². The van der Waals surface area contributed by atoms with Crippen molar-refractivity contribution in [3.63, 3.8) is 0 Å². The molecule has 0 fully saturated rings. The molecule has 0 N–H and O–H groups in total. The van der Waals surface area contributed by atoms with Crippen LogP contribution in [0.3, 0.4) is 0 Å². The minimum Gasteiger partial charge on any atom is -0.456 e. The van der Waals surface area contributed by atoms with Crippen LogP contribution in [0.15, 0.2) is 235 Å². The molecule has 0 amide bonds. The first-order chi connectivity index (χ1) is 30.3. The van der Waals surface area contributed by atoms with E-state index >= 15 is 0 Å². The van der Waals surface area contributed by atoms with Crippen molar-refractivity contribution in [3.8, 4) is 11.4 Å². The van der Waals surface area contributed by atoms with Crippen LogP contribution in [0.4, 0.5) is 34.1 Å². The number of hydrogen-bond donors (Lipinski definition) is 0. The Labute approximate surface area is 352 Å². The summed E-state index contributed by atoms with van der Waals surface area (Å²) >= 11 is 0. The highest BCUT2D eigenvalue weighted by atomic mass is 16.3. The maximum Gasteiger partial charge on any atom is 0.135 e. The Bertz CT molecular complexity index is 3480. The summed E-state index contributed by atoms with van der Waals surface area (Å²) in [7, 11) is 0. The molecule has 9 aromatic carbocycles. The Kier molecular flexibility index (Phi) is 8.10. The van der Waals surface area contributed by atoms with Crippen molar-refractivity contribution in [1.82, 2.24) is 9.13 Å². The minimum absolute atomic E-state index is 0.875. The second kappa shape index (κ2) is 14.2. The minimum atomic E-state index is 0.875. The second-order valence-electron chi connectivity index (χ2n) is 15.4. The summed E-state index contributed by atoms with van der Waals surface area (Å²) in [5.74, 6) is 0. The fourth-order valence-electron chi connectivity index (χ4n) is 9.21. The number of aromatic nitrogens is 2. The third-order valence-electron chi connectivity index (χ3n) is 11.8. The van der Waals surface area contributed by atoms with Gasteiger partial charge in [-0.05, 0) is 115 Å². The SMILES string of the molecule is c1ccc(N(c2ccccc2)c2ccc3c(c2)c2c4ccc(N(c5ccccc5)c5ccc6oc7ccccc7c6c5)cc4n(-c4ccccc4)c2n3-c2ccccc2)cc1. The number of rotatable bonds is 8. The third-order valence-corrected chi connectivity index (χ3v) is 11.8. The fraction of sp³-hybridized carbons (Fsp3) is 0. The van der Waals surface area contributed by atoms with Gasteiger partial charge in [-0.1, -0.05) is 115 Å². The van der Waals surface area contributed by atoms with Crippen LogP contribution in [-0.4, -0.2) is 9.13 Å². The first kappa shape index (κ1) is 34.7. The highest BCUT2D eigenvalue weighted by molar-refractivity contribution is 6.23. The van der Waals surface area contributed by atoms with Crippen LogP contribution >= 0.6 is 0 Å². The van der Waals surface area contributed by atoms with E-state index in [2.05, 4.69) is 237 Å². The van der Waals surface area contributed by atoms with Gasteiger partial charge in [0.05, 0.1) is 11.0 Å². The van der Waals surface area contributed by atoms with Gasteiger partial charge in [-0.25, -0.2) is 0 Å². The van der Waals surface area contributed by atoms with Crippen LogP contribution in [0, 0.1) is 0 Å². The number of hydrogen-bond acceptors (Lipinski definition) is 3. The fourth-order valence-corrected chi connectivity index (χ4v) is 9.21. The molecule has 61 heavy (non-hydrogen) atoms. The zero-order valence-corrected chi connectivity index (χ0v) is 33.1. The number of anilines is 6. The molecule has 3 heterocycles. The molecule has 0 radical (unpaired) electrons. The van der Waals surface area contributed by atoms with Crippen molar-refractivity contribution in [2.75, 3.05) is 9.80 Å². The van der Waals surface area contributed by atoms with Gasteiger partial charge in [-0.3, -0.25) is 9.13 Å². The Morgan fingerprint density at radius 2 is 0.738 bits per heavy atom. The Balaban J connectivity index is 1.16. The molecule has 0 saturated carbocycles. The first-order valence-corrected chi connectivity index (χ1v) is 20.7. The standard InChI is InChI=1S/C56H38N4O/c1-6-18-39(19-7-1)57(40-20-8-2-9-21-40)44-31-34-51-50(37-44)55-48-33-30-46(38-52(48)60(43-26-14-5-15-27-43)56(55)59(51)42-24-12-4-13-25-42)58(41-22-10-3-11-23-41)45-32-35-54-49(36-45)47-28-16-17-29-53(47)61-54/h1-38H. The van der Waals surface area contributed by atoms with E-state index in [-0.39, 0.29) is 0 Å². The van der Waals surface area contributed by atoms with Crippen molar-refractivity contribution in [2.45, 2.75) is 0 Å².